The Balaban J connectivity index is 2.39. The van der Waals surface area contributed by atoms with Crippen LogP contribution in [0.15, 0.2) is 0 Å². The molecule has 1 heterocycles. The number of nitrogens with one attached hydrogen (secondary N) is 2. The number of urea groups is 1. The first-order valence-corrected chi connectivity index (χ1v) is 7.50. The number of ether oxygens (including phenoxy) is 1. The molecule has 1 fully saturated rings. The maximum absolute atomic E-state index is 11.5. The van der Waals surface area contributed by atoms with Gasteiger partial charge < -0.3 is 15.4 Å². The maximum Gasteiger partial charge on any atom is 0.325 e. The van der Waals surface area contributed by atoms with Crippen LogP contribution in [0.5, 0.6) is 0 Å². The molecule has 1 rings (SSSR count). The minimum Gasteiger partial charge on any atom is -0.465 e. The summed E-state index contributed by atoms with van der Waals surface area (Å²) in [5, 5.41) is 4.90. The van der Waals surface area contributed by atoms with Crippen LogP contribution in [0.4, 0.5) is 4.79 Å². The predicted molar refractivity (Wildman–Crippen MR) is 64.8 cm³/mol. The van der Waals surface area contributed by atoms with Crippen molar-refractivity contribution in [1.29, 1.82) is 0 Å². The van der Waals surface area contributed by atoms with Crippen molar-refractivity contribution in [2.45, 2.75) is 25.8 Å². The van der Waals surface area contributed by atoms with E-state index in [1.165, 1.54) is 0 Å². The van der Waals surface area contributed by atoms with E-state index in [4.69, 9.17) is 0 Å². The number of esters is 1. The molecule has 0 aromatic carbocycles. The zero-order valence-electron chi connectivity index (χ0n) is 10.5. The highest BCUT2D eigenvalue weighted by Crippen LogP contribution is 2.22. The van der Waals surface area contributed by atoms with E-state index in [9.17, 15) is 18.0 Å². The fourth-order valence-electron chi connectivity index (χ4n) is 1.79. The predicted octanol–water partition coefficient (Wildman–Crippen LogP) is -0.574. The second-order valence-corrected chi connectivity index (χ2v) is 6.70. The Labute approximate surface area is 106 Å². The molecule has 0 bridgehead atoms. The highest BCUT2D eigenvalue weighted by atomic mass is 32.2. The van der Waals surface area contributed by atoms with Crippen molar-refractivity contribution in [3.8, 4) is 0 Å². The van der Waals surface area contributed by atoms with Gasteiger partial charge in [-0.25, -0.2) is 13.2 Å². The fourth-order valence-corrected chi connectivity index (χ4v) is 3.88. The molecule has 1 aliphatic heterocycles. The van der Waals surface area contributed by atoms with E-state index in [0.717, 1.165) is 0 Å². The van der Waals surface area contributed by atoms with Gasteiger partial charge in [0.1, 0.15) is 6.54 Å². The Kier molecular flexibility index (Phi) is 4.55. The largest absolute Gasteiger partial charge is 0.465 e. The Bertz CT molecular complexity index is 434. The molecule has 2 amide bonds. The molecule has 0 spiro atoms. The summed E-state index contributed by atoms with van der Waals surface area (Å²) in [4.78, 5) is 22.5. The van der Waals surface area contributed by atoms with Crippen LogP contribution in [0.25, 0.3) is 0 Å². The summed E-state index contributed by atoms with van der Waals surface area (Å²) in [7, 11) is -3.07. The molecule has 0 radical (unpaired) electrons. The smallest absolute Gasteiger partial charge is 0.325 e. The molecule has 1 aliphatic rings. The number of sulfone groups is 1. The lowest BCUT2D eigenvalue weighted by Gasteiger charge is -2.23. The summed E-state index contributed by atoms with van der Waals surface area (Å²) in [5.41, 5.74) is -0.766. The van der Waals surface area contributed by atoms with Crippen LogP contribution in [-0.4, -0.2) is 50.6 Å². The van der Waals surface area contributed by atoms with Crippen molar-refractivity contribution in [1.82, 2.24) is 10.6 Å². The molecule has 0 aromatic rings. The van der Waals surface area contributed by atoms with E-state index < -0.39 is 27.4 Å². The topological polar surface area (TPSA) is 102 Å². The van der Waals surface area contributed by atoms with Gasteiger partial charge in [-0.3, -0.25) is 4.79 Å². The van der Waals surface area contributed by atoms with Crippen molar-refractivity contribution < 1.29 is 22.7 Å². The molecule has 1 saturated heterocycles. The van der Waals surface area contributed by atoms with Crippen molar-refractivity contribution in [2.75, 3.05) is 24.7 Å². The van der Waals surface area contributed by atoms with Crippen LogP contribution < -0.4 is 10.6 Å². The zero-order chi connectivity index (χ0) is 13.8. The summed E-state index contributed by atoms with van der Waals surface area (Å²) in [6, 6.07) is -0.567. The average molecular weight is 278 g/mol. The Morgan fingerprint density at radius 1 is 1.39 bits per heavy atom. The number of hydrogen-bond acceptors (Lipinski definition) is 5. The number of carbonyl (C=O) groups is 2. The summed E-state index contributed by atoms with van der Waals surface area (Å²) >= 11 is 0. The van der Waals surface area contributed by atoms with Crippen LogP contribution in [0.2, 0.25) is 0 Å². The lowest BCUT2D eigenvalue weighted by molar-refractivity contribution is -0.141. The highest BCUT2D eigenvalue weighted by molar-refractivity contribution is 7.91. The Morgan fingerprint density at radius 2 is 2.06 bits per heavy atom. The normalized spacial score (nSPS) is 25.4. The first-order valence-electron chi connectivity index (χ1n) is 5.68. The molecule has 2 N–H and O–H groups in total. The minimum atomic E-state index is -3.07. The minimum absolute atomic E-state index is 0.0711. The number of rotatable bonds is 4. The first-order chi connectivity index (χ1) is 8.26. The van der Waals surface area contributed by atoms with Gasteiger partial charge in [-0.15, -0.1) is 0 Å². The standard InChI is InChI=1S/C10H18N2O5S/c1-3-17-8(13)6-11-9(14)12-10(2)4-5-18(15,16)7-10/h3-7H2,1-2H3,(H2,11,12,14). The highest BCUT2D eigenvalue weighted by Gasteiger charge is 2.39. The van der Waals surface area contributed by atoms with Gasteiger partial charge in [0.15, 0.2) is 9.84 Å². The molecule has 7 nitrogen and oxygen atoms in total. The van der Waals surface area contributed by atoms with Gasteiger partial charge in [-0.2, -0.15) is 0 Å². The van der Waals surface area contributed by atoms with E-state index in [1.54, 1.807) is 13.8 Å². The molecule has 0 aliphatic carbocycles. The van der Waals surface area contributed by atoms with E-state index in [1.807, 2.05) is 0 Å². The summed E-state index contributed by atoms with van der Waals surface area (Å²) in [6.45, 7) is 3.35. The lowest BCUT2D eigenvalue weighted by Crippen LogP contribution is -2.51. The lowest BCUT2D eigenvalue weighted by atomic mass is 10.0. The van der Waals surface area contributed by atoms with Crippen molar-refractivity contribution in [3.63, 3.8) is 0 Å². The third kappa shape index (κ3) is 4.52. The number of amides is 2. The molecule has 0 aromatic heterocycles. The van der Waals surface area contributed by atoms with E-state index in [-0.39, 0.29) is 24.7 Å². The second kappa shape index (κ2) is 5.55. The van der Waals surface area contributed by atoms with Gasteiger partial charge in [-0.05, 0) is 20.3 Å². The van der Waals surface area contributed by atoms with Gasteiger partial charge in [0.05, 0.1) is 23.7 Å². The van der Waals surface area contributed by atoms with Crippen molar-refractivity contribution in [2.24, 2.45) is 0 Å². The van der Waals surface area contributed by atoms with Gasteiger partial charge >= 0.3 is 12.0 Å². The average Bonchev–Trinajstić information content (AvgIpc) is 2.50. The summed E-state index contributed by atoms with van der Waals surface area (Å²) in [5.74, 6) is -0.536. The van der Waals surface area contributed by atoms with Crippen LogP contribution in [0, 0.1) is 0 Å². The molecule has 104 valence electrons. The molecular formula is C10H18N2O5S. The SMILES string of the molecule is CCOC(=O)CNC(=O)NC1(C)CCS(=O)(=O)C1. The van der Waals surface area contributed by atoms with E-state index in [0.29, 0.717) is 6.42 Å². The maximum atomic E-state index is 11.5. The number of carbonyl (C=O) groups excluding carboxylic acids is 2. The van der Waals surface area contributed by atoms with E-state index >= 15 is 0 Å². The van der Waals surface area contributed by atoms with Crippen molar-refractivity contribution >= 4 is 21.8 Å². The quantitative estimate of drug-likeness (QED) is 0.670. The second-order valence-electron chi connectivity index (χ2n) is 4.52. The molecular weight excluding hydrogens is 260 g/mol. The Morgan fingerprint density at radius 3 is 2.56 bits per heavy atom. The van der Waals surface area contributed by atoms with E-state index in [2.05, 4.69) is 15.4 Å². The molecule has 18 heavy (non-hydrogen) atoms. The van der Waals surface area contributed by atoms with Crippen LogP contribution >= 0.6 is 0 Å². The van der Waals surface area contributed by atoms with Gasteiger partial charge in [0.2, 0.25) is 0 Å². The van der Waals surface area contributed by atoms with Crippen LogP contribution in [0.3, 0.4) is 0 Å². The zero-order valence-corrected chi connectivity index (χ0v) is 11.3. The first kappa shape index (κ1) is 14.7. The summed E-state index contributed by atoms with van der Waals surface area (Å²) < 4.78 is 27.3. The third-order valence-electron chi connectivity index (χ3n) is 2.62. The van der Waals surface area contributed by atoms with Gasteiger partial charge in [0, 0.05) is 0 Å². The van der Waals surface area contributed by atoms with Crippen LogP contribution in [0.1, 0.15) is 20.3 Å². The molecule has 1 atom stereocenters. The Hall–Kier alpha value is -1.31. The summed E-state index contributed by atoms with van der Waals surface area (Å²) in [6.07, 6.45) is 0.377. The molecule has 8 heteroatoms. The third-order valence-corrected chi connectivity index (χ3v) is 4.52. The van der Waals surface area contributed by atoms with Gasteiger partial charge in [-0.1, -0.05) is 0 Å². The monoisotopic (exact) mass is 278 g/mol. The molecule has 1 unspecified atom stereocenters. The number of hydrogen-bond donors (Lipinski definition) is 2. The fraction of sp³-hybridized carbons (Fsp3) is 0.800. The molecule has 0 saturated carbocycles. The van der Waals surface area contributed by atoms with Crippen LogP contribution in [-0.2, 0) is 19.4 Å². The van der Waals surface area contributed by atoms with Crippen molar-refractivity contribution in [3.05, 3.63) is 0 Å². The van der Waals surface area contributed by atoms with Gasteiger partial charge in [0.25, 0.3) is 0 Å².